The van der Waals surface area contributed by atoms with Crippen molar-refractivity contribution < 1.29 is 62.5 Å². The molecule has 0 spiro atoms. The van der Waals surface area contributed by atoms with E-state index in [1.807, 2.05) is 0 Å². The highest BCUT2D eigenvalue weighted by atomic mass is 32.2. The lowest BCUT2D eigenvalue weighted by Gasteiger charge is -2.17. The van der Waals surface area contributed by atoms with Crippen molar-refractivity contribution in [2.75, 3.05) is 37.9 Å². The minimum absolute atomic E-state index is 0.201. The average molecular weight is 887 g/mol. The Balaban J connectivity index is 1.98. The van der Waals surface area contributed by atoms with Crippen molar-refractivity contribution in [2.24, 2.45) is 0 Å². The van der Waals surface area contributed by atoms with Gasteiger partial charge in [0.15, 0.2) is 23.3 Å². The van der Waals surface area contributed by atoms with Crippen LogP contribution in [0.3, 0.4) is 0 Å². The predicted molar refractivity (Wildman–Crippen MR) is 228 cm³/mol. The molecule has 2 N–H and O–H groups in total. The highest BCUT2D eigenvalue weighted by Crippen LogP contribution is 2.43. The van der Waals surface area contributed by atoms with E-state index in [1.165, 1.54) is 61.4 Å². The van der Waals surface area contributed by atoms with Gasteiger partial charge in [0.1, 0.15) is 23.0 Å². The Hall–Kier alpha value is -4.12. The van der Waals surface area contributed by atoms with Gasteiger partial charge < -0.3 is 18.9 Å². The number of benzene rings is 3. The van der Waals surface area contributed by atoms with Crippen LogP contribution in [0.4, 0.5) is 17.6 Å². The molecule has 0 aromatic heterocycles. The van der Waals surface area contributed by atoms with E-state index in [4.69, 9.17) is 18.9 Å². The number of ether oxygens (including phenoxy) is 4. The molecule has 10 nitrogen and oxygen atoms in total. The minimum Gasteiger partial charge on any atom is -0.494 e. The van der Waals surface area contributed by atoms with Gasteiger partial charge in [0, 0.05) is 11.1 Å². The van der Waals surface area contributed by atoms with Crippen molar-refractivity contribution in [3.05, 3.63) is 82.9 Å². The molecule has 60 heavy (non-hydrogen) atoms. The second-order valence-corrected chi connectivity index (χ2v) is 17.5. The van der Waals surface area contributed by atoms with E-state index < -0.39 is 90.9 Å². The van der Waals surface area contributed by atoms with Crippen LogP contribution in [0, 0.1) is 0 Å². The average Bonchev–Trinajstić information content (AvgIpc) is 3.22. The summed E-state index contributed by atoms with van der Waals surface area (Å²) >= 11 is 0. The summed E-state index contributed by atoms with van der Waals surface area (Å²) in [4.78, 5) is 0. The summed E-state index contributed by atoms with van der Waals surface area (Å²) in [7, 11) is -8.84. The molecule has 0 fully saturated rings. The molecule has 334 valence electrons. The van der Waals surface area contributed by atoms with Crippen LogP contribution in [-0.4, -0.2) is 63.9 Å². The number of hydrogen-bond acceptors (Lipinski definition) is 8. The van der Waals surface area contributed by atoms with Crippen LogP contribution in [-0.2, 0) is 20.2 Å². The van der Waals surface area contributed by atoms with E-state index in [0.29, 0.717) is 24.7 Å². The number of halogens is 4. The molecule has 0 aliphatic rings. The Bertz CT molecular complexity index is 1890. The van der Waals surface area contributed by atoms with Crippen molar-refractivity contribution in [3.63, 3.8) is 0 Å². The van der Waals surface area contributed by atoms with Crippen LogP contribution >= 0.6 is 0 Å². The first-order valence-electron chi connectivity index (χ1n) is 20.5. The van der Waals surface area contributed by atoms with Gasteiger partial charge in [-0.15, -0.1) is 0 Å². The van der Waals surface area contributed by atoms with Gasteiger partial charge >= 0.3 is 0 Å². The lowest BCUT2D eigenvalue weighted by molar-refractivity contribution is 0.304. The third-order valence-electron chi connectivity index (χ3n) is 9.30. The van der Waals surface area contributed by atoms with Crippen molar-refractivity contribution >= 4 is 43.5 Å². The zero-order valence-electron chi connectivity index (χ0n) is 34.4. The Morgan fingerprint density at radius 2 is 0.767 bits per heavy atom. The zero-order chi connectivity index (χ0) is 44.0. The molecule has 0 aliphatic heterocycles. The summed E-state index contributed by atoms with van der Waals surface area (Å²) in [5.41, 5.74) is -1.66. The van der Waals surface area contributed by atoms with E-state index in [-0.39, 0.29) is 24.0 Å². The fourth-order valence-electron chi connectivity index (χ4n) is 6.02. The molecule has 0 saturated carbocycles. The first-order valence-corrected chi connectivity index (χ1v) is 23.8. The van der Waals surface area contributed by atoms with Gasteiger partial charge in [-0.3, -0.25) is 9.11 Å². The quantitative estimate of drug-likeness (QED) is 0.0287. The first-order chi connectivity index (χ1) is 28.6. The summed E-state index contributed by atoms with van der Waals surface area (Å²) in [6.07, 6.45) is 12.2. The largest absolute Gasteiger partial charge is 0.494 e. The third kappa shape index (κ3) is 18.7. The number of rotatable bonds is 30. The van der Waals surface area contributed by atoms with Crippen LogP contribution in [0.2, 0.25) is 0 Å². The Labute approximate surface area is 352 Å². The smallest absolute Gasteiger partial charge is 0.264 e. The normalized spacial score (nSPS) is 12.8. The van der Waals surface area contributed by atoms with Crippen LogP contribution < -0.4 is 18.9 Å². The Morgan fingerprint density at radius 1 is 0.450 bits per heavy atom. The molecule has 0 amide bonds. The Kier molecular flexibility index (Phi) is 22.0. The molecular formula is C44H58F4O10S2. The molecule has 3 rings (SSSR count). The van der Waals surface area contributed by atoms with Gasteiger partial charge in [0.2, 0.25) is 0 Å². The van der Waals surface area contributed by atoms with E-state index >= 15 is 17.6 Å². The van der Waals surface area contributed by atoms with Crippen LogP contribution in [0.1, 0.15) is 126 Å². The molecule has 3 aromatic rings. The Morgan fingerprint density at radius 3 is 1.10 bits per heavy atom. The highest BCUT2D eigenvalue weighted by Gasteiger charge is 2.24. The first kappa shape index (κ1) is 50.2. The molecular weight excluding hydrogens is 829 g/mol. The molecule has 0 bridgehead atoms. The van der Waals surface area contributed by atoms with E-state index in [9.17, 15) is 25.9 Å². The highest BCUT2D eigenvalue weighted by molar-refractivity contribution is 7.86. The van der Waals surface area contributed by atoms with E-state index in [0.717, 1.165) is 76.3 Å². The van der Waals surface area contributed by atoms with Crippen LogP contribution in [0.5, 0.6) is 23.0 Å². The van der Waals surface area contributed by atoms with Gasteiger partial charge in [-0.25, -0.2) is 17.6 Å². The third-order valence-corrected chi connectivity index (χ3v) is 10.9. The molecule has 0 unspecified atom stereocenters. The SMILES string of the molecule is CCCCCCCCOc1ccc(/C(F)=C(\F)c2cc(OCCCS(=O)(=O)O)c(/C(F)=C(\F)c3ccc(OCCCCCCCC)cc3)cc2OCCCS(=O)(=O)O)cc1. The lowest BCUT2D eigenvalue weighted by Crippen LogP contribution is -2.11. The van der Waals surface area contributed by atoms with Gasteiger partial charge in [-0.2, -0.15) is 16.8 Å². The zero-order valence-corrected chi connectivity index (χ0v) is 36.0. The molecule has 0 aliphatic carbocycles. The van der Waals surface area contributed by atoms with Crippen molar-refractivity contribution in [1.82, 2.24) is 0 Å². The van der Waals surface area contributed by atoms with Gasteiger partial charge in [-0.1, -0.05) is 78.1 Å². The number of hydrogen-bond donors (Lipinski definition) is 2. The van der Waals surface area contributed by atoms with Gasteiger partial charge in [0.25, 0.3) is 20.2 Å². The lowest BCUT2D eigenvalue weighted by atomic mass is 10.0. The standard InChI is InChI=1S/C44H58F4O10S2/c1-3-5-7-9-11-13-25-55-35-21-17-33(18-22-35)41(45)43(47)37-31-40(58-28-16-30-60(52,53)54)38(32-39(37)57-27-15-29-59(49,50)51)44(48)42(46)34-19-23-36(24-20-34)56-26-14-12-10-8-6-4-2/h17-24,31-32H,3-16,25-30H2,1-2H3,(H,49,50,51)(H,52,53,54)/b43-41+,44-42+. The van der Waals surface area contributed by atoms with E-state index in [2.05, 4.69) is 13.8 Å². The van der Waals surface area contributed by atoms with Gasteiger partial charge in [-0.05, 0) is 86.3 Å². The molecule has 16 heteroatoms. The van der Waals surface area contributed by atoms with Crippen LogP contribution in [0.15, 0.2) is 60.7 Å². The topological polar surface area (TPSA) is 146 Å². The number of unbranched alkanes of at least 4 members (excludes halogenated alkanes) is 10. The second-order valence-electron chi connectivity index (χ2n) is 14.4. The fraction of sp³-hybridized carbons (Fsp3) is 0.500. The molecule has 0 heterocycles. The maximum absolute atomic E-state index is 16.2. The maximum Gasteiger partial charge on any atom is 0.264 e. The molecule has 0 radical (unpaired) electrons. The van der Waals surface area contributed by atoms with E-state index in [1.54, 1.807) is 0 Å². The van der Waals surface area contributed by atoms with Crippen LogP contribution in [0.25, 0.3) is 23.3 Å². The maximum atomic E-state index is 16.2. The summed E-state index contributed by atoms with van der Waals surface area (Å²) < 4.78 is 151. The molecule has 0 atom stereocenters. The summed E-state index contributed by atoms with van der Waals surface area (Å²) in [5, 5.41) is 0. The fourth-order valence-corrected chi connectivity index (χ4v) is 6.98. The molecule has 0 saturated heterocycles. The second kappa shape index (κ2) is 26.3. The summed E-state index contributed by atoms with van der Waals surface area (Å²) in [6.45, 7) is 4.21. The molecule has 3 aromatic carbocycles. The van der Waals surface area contributed by atoms with Crippen molar-refractivity contribution in [2.45, 2.75) is 104 Å². The van der Waals surface area contributed by atoms with Gasteiger partial charge in [0.05, 0.1) is 49.1 Å². The predicted octanol–water partition coefficient (Wildman–Crippen LogP) is 12.0. The minimum atomic E-state index is -4.42. The monoisotopic (exact) mass is 886 g/mol. The van der Waals surface area contributed by atoms with Crippen molar-refractivity contribution in [1.29, 1.82) is 0 Å². The summed E-state index contributed by atoms with van der Waals surface area (Å²) in [5.74, 6) is -7.42. The van der Waals surface area contributed by atoms with Crippen molar-refractivity contribution in [3.8, 4) is 23.0 Å². The summed E-state index contributed by atoms with van der Waals surface area (Å²) in [6, 6.07) is 12.7.